The SMILES string of the molecule is O=C1CC(c2ccc(OCc3ccccn3)cc2)c2cn[nH]c2N1. The normalized spacial score (nSPS) is 16.3. The highest BCUT2D eigenvalue weighted by molar-refractivity contribution is 5.94. The van der Waals surface area contributed by atoms with Crippen molar-refractivity contribution in [3.63, 3.8) is 0 Å². The fourth-order valence-electron chi connectivity index (χ4n) is 2.88. The zero-order valence-electron chi connectivity index (χ0n) is 12.9. The van der Waals surface area contributed by atoms with Gasteiger partial charge in [-0.05, 0) is 29.8 Å². The molecule has 1 aliphatic heterocycles. The van der Waals surface area contributed by atoms with Crippen LogP contribution in [0.25, 0.3) is 0 Å². The standard InChI is InChI=1S/C18H16N4O2/c23-17-9-15(16-10-20-22-18(16)21-17)12-4-6-14(7-5-12)24-11-13-3-1-2-8-19-13/h1-8,10,15H,9,11H2,(H2,20,21,22,23). The van der Waals surface area contributed by atoms with Crippen LogP contribution in [0.3, 0.4) is 0 Å². The minimum Gasteiger partial charge on any atom is -0.487 e. The van der Waals surface area contributed by atoms with E-state index < -0.39 is 0 Å². The van der Waals surface area contributed by atoms with Crippen molar-refractivity contribution < 1.29 is 9.53 Å². The summed E-state index contributed by atoms with van der Waals surface area (Å²) in [5, 5.41) is 9.65. The molecule has 6 nitrogen and oxygen atoms in total. The molecule has 4 rings (SSSR count). The zero-order valence-corrected chi connectivity index (χ0v) is 12.9. The molecule has 120 valence electrons. The van der Waals surface area contributed by atoms with Crippen LogP contribution in [0.1, 0.15) is 29.2 Å². The number of hydrogen-bond acceptors (Lipinski definition) is 4. The number of fused-ring (bicyclic) bond motifs is 1. The molecule has 0 saturated carbocycles. The lowest BCUT2D eigenvalue weighted by Gasteiger charge is -2.22. The number of carbonyl (C=O) groups is 1. The number of aromatic nitrogens is 3. The first-order valence-electron chi connectivity index (χ1n) is 7.75. The zero-order chi connectivity index (χ0) is 16.4. The second-order valence-electron chi connectivity index (χ2n) is 5.68. The van der Waals surface area contributed by atoms with Crippen LogP contribution in [-0.4, -0.2) is 21.1 Å². The van der Waals surface area contributed by atoms with E-state index in [0.29, 0.717) is 18.8 Å². The van der Waals surface area contributed by atoms with Crippen molar-refractivity contribution in [1.82, 2.24) is 15.2 Å². The van der Waals surface area contributed by atoms with Crippen LogP contribution in [0.4, 0.5) is 5.82 Å². The smallest absolute Gasteiger partial charge is 0.226 e. The number of pyridine rings is 1. The Bertz CT molecular complexity index is 843. The number of anilines is 1. The molecule has 3 aromatic rings. The first-order chi connectivity index (χ1) is 11.8. The number of aromatic amines is 1. The van der Waals surface area contributed by atoms with Gasteiger partial charge in [-0.2, -0.15) is 5.10 Å². The van der Waals surface area contributed by atoms with E-state index in [2.05, 4.69) is 20.5 Å². The average molecular weight is 320 g/mol. The lowest BCUT2D eigenvalue weighted by Crippen LogP contribution is -2.22. The molecule has 1 aromatic carbocycles. The van der Waals surface area contributed by atoms with Crippen LogP contribution < -0.4 is 10.1 Å². The third-order valence-corrected chi connectivity index (χ3v) is 4.09. The lowest BCUT2D eigenvalue weighted by molar-refractivity contribution is -0.116. The van der Waals surface area contributed by atoms with Crippen molar-refractivity contribution in [3.8, 4) is 5.75 Å². The number of H-pyrrole nitrogens is 1. The maximum atomic E-state index is 11.8. The molecule has 3 heterocycles. The molecule has 2 aromatic heterocycles. The van der Waals surface area contributed by atoms with E-state index in [1.54, 1.807) is 12.4 Å². The lowest BCUT2D eigenvalue weighted by atomic mass is 9.87. The number of nitrogens with zero attached hydrogens (tertiary/aromatic N) is 2. The van der Waals surface area contributed by atoms with Gasteiger partial charge in [-0.15, -0.1) is 0 Å². The van der Waals surface area contributed by atoms with Crippen molar-refractivity contribution in [2.75, 3.05) is 5.32 Å². The molecule has 1 atom stereocenters. The van der Waals surface area contributed by atoms with Gasteiger partial charge in [0, 0.05) is 24.1 Å². The summed E-state index contributed by atoms with van der Waals surface area (Å²) in [7, 11) is 0. The van der Waals surface area contributed by atoms with E-state index in [9.17, 15) is 4.79 Å². The van der Waals surface area contributed by atoms with Gasteiger partial charge < -0.3 is 10.1 Å². The van der Waals surface area contributed by atoms with Gasteiger partial charge in [0.2, 0.25) is 5.91 Å². The highest BCUT2D eigenvalue weighted by atomic mass is 16.5. The molecule has 1 unspecified atom stereocenters. The first-order valence-corrected chi connectivity index (χ1v) is 7.75. The van der Waals surface area contributed by atoms with Crippen LogP contribution in [0, 0.1) is 0 Å². The molecule has 0 radical (unpaired) electrons. The Labute approximate surface area is 138 Å². The summed E-state index contributed by atoms with van der Waals surface area (Å²) in [4.78, 5) is 16.1. The van der Waals surface area contributed by atoms with E-state index in [-0.39, 0.29) is 11.8 Å². The third-order valence-electron chi connectivity index (χ3n) is 4.09. The Morgan fingerprint density at radius 2 is 2.04 bits per heavy atom. The van der Waals surface area contributed by atoms with Gasteiger partial charge in [0.05, 0.1) is 11.9 Å². The summed E-state index contributed by atoms with van der Waals surface area (Å²) >= 11 is 0. The Morgan fingerprint density at radius 1 is 1.17 bits per heavy atom. The summed E-state index contributed by atoms with van der Waals surface area (Å²) in [5.41, 5.74) is 2.96. The summed E-state index contributed by atoms with van der Waals surface area (Å²) in [5.74, 6) is 1.47. The highest BCUT2D eigenvalue weighted by Gasteiger charge is 2.27. The molecule has 24 heavy (non-hydrogen) atoms. The van der Waals surface area contributed by atoms with Gasteiger partial charge in [0.15, 0.2) is 0 Å². The number of amides is 1. The van der Waals surface area contributed by atoms with Crippen LogP contribution in [-0.2, 0) is 11.4 Å². The molecule has 2 N–H and O–H groups in total. The van der Waals surface area contributed by atoms with E-state index in [0.717, 1.165) is 22.6 Å². The minimum absolute atomic E-state index is 0.00720. The third kappa shape index (κ3) is 2.86. The summed E-state index contributed by atoms with van der Waals surface area (Å²) in [6, 6.07) is 13.6. The number of carbonyl (C=O) groups excluding carboxylic acids is 1. The van der Waals surface area contributed by atoms with Crippen molar-refractivity contribution in [2.45, 2.75) is 18.9 Å². The summed E-state index contributed by atoms with van der Waals surface area (Å²) in [6.07, 6.45) is 3.93. The van der Waals surface area contributed by atoms with Crippen molar-refractivity contribution in [3.05, 3.63) is 71.7 Å². The summed E-state index contributed by atoms with van der Waals surface area (Å²) < 4.78 is 5.75. The second-order valence-corrected chi connectivity index (χ2v) is 5.68. The molecule has 0 bridgehead atoms. The molecule has 0 aliphatic carbocycles. The predicted molar refractivity (Wildman–Crippen MR) is 88.7 cm³/mol. The van der Waals surface area contributed by atoms with Crippen molar-refractivity contribution in [1.29, 1.82) is 0 Å². The van der Waals surface area contributed by atoms with Gasteiger partial charge in [-0.3, -0.25) is 14.9 Å². The second kappa shape index (κ2) is 6.16. The fourth-order valence-corrected chi connectivity index (χ4v) is 2.88. The Morgan fingerprint density at radius 3 is 2.83 bits per heavy atom. The van der Waals surface area contributed by atoms with Gasteiger partial charge in [-0.1, -0.05) is 18.2 Å². The van der Waals surface area contributed by atoms with Gasteiger partial charge >= 0.3 is 0 Å². The fraction of sp³-hybridized carbons (Fsp3) is 0.167. The van der Waals surface area contributed by atoms with Crippen LogP contribution in [0.15, 0.2) is 54.9 Å². The molecule has 1 aliphatic rings. The van der Waals surface area contributed by atoms with Crippen molar-refractivity contribution in [2.24, 2.45) is 0 Å². The predicted octanol–water partition coefficient (Wildman–Crippen LogP) is 2.86. The van der Waals surface area contributed by atoms with Crippen LogP contribution in [0.5, 0.6) is 5.75 Å². The number of ether oxygens (including phenoxy) is 1. The van der Waals surface area contributed by atoms with E-state index in [1.165, 1.54) is 0 Å². The number of rotatable bonds is 4. The average Bonchev–Trinajstić information content (AvgIpc) is 3.09. The van der Waals surface area contributed by atoms with Gasteiger partial charge in [-0.25, -0.2) is 0 Å². The minimum atomic E-state index is -0.00720. The molecular formula is C18H16N4O2. The van der Waals surface area contributed by atoms with Gasteiger partial charge in [0.25, 0.3) is 0 Å². The number of hydrogen-bond donors (Lipinski definition) is 2. The van der Waals surface area contributed by atoms with Crippen LogP contribution in [0.2, 0.25) is 0 Å². The molecular weight excluding hydrogens is 304 g/mol. The number of benzene rings is 1. The molecule has 6 heteroatoms. The van der Waals surface area contributed by atoms with Crippen LogP contribution >= 0.6 is 0 Å². The monoisotopic (exact) mass is 320 g/mol. The summed E-state index contributed by atoms with van der Waals surface area (Å²) in [6.45, 7) is 0.428. The van der Waals surface area contributed by atoms with Crippen molar-refractivity contribution >= 4 is 11.7 Å². The maximum absolute atomic E-state index is 11.8. The molecule has 1 amide bonds. The highest BCUT2D eigenvalue weighted by Crippen LogP contribution is 2.36. The quantitative estimate of drug-likeness (QED) is 0.774. The first kappa shape index (κ1) is 14.4. The number of nitrogens with one attached hydrogen (secondary N) is 2. The molecule has 0 saturated heterocycles. The van der Waals surface area contributed by atoms with E-state index in [4.69, 9.17) is 4.74 Å². The topological polar surface area (TPSA) is 79.9 Å². The Kier molecular flexibility index (Phi) is 3.70. The largest absolute Gasteiger partial charge is 0.487 e. The molecule has 0 spiro atoms. The maximum Gasteiger partial charge on any atom is 0.226 e. The Hall–Kier alpha value is -3.15. The van der Waals surface area contributed by atoms with E-state index >= 15 is 0 Å². The molecule has 0 fully saturated rings. The van der Waals surface area contributed by atoms with E-state index in [1.807, 2.05) is 42.5 Å². The van der Waals surface area contributed by atoms with Gasteiger partial charge in [0.1, 0.15) is 18.2 Å². The Balaban J connectivity index is 1.49.